The molecule has 2 bridgehead atoms. The molecule has 0 aromatic carbocycles. The van der Waals surface area contributed by atoms with Crippen LogP contribution in [0.2, 0.25) is 0 Å². The predicted molar refractivity (Wildman–Crippen MR) is 119 cm³/mol. The van der Waals surface area contributed by atoms with Crippen LogP contribution in [0.5, 0.6) is 0 Å². The van der Waals surface area contributed by atoms with Crippen molar-refractivity contribution in [3.8, 4) is 0 Å². The predicted octanol–water partition coefficient (Wildman–Crippen LogP) is 3.00. The lowest BCUT2D eigenvalue weighted by atomic mass is 9.34. The highest BCUT2D eigenvalue weighted by molar-refractivity contribution is 6.01. The third kappa shape index (κ3) is 3.86. The molecule has 176 valence electrons. The molecule has 0 aliphatic heterocycles. The van der Waals surface area contributed by atoms with Crippen LogP contribution in [0.4, 0.5) is 10.6 Å². The van der Waals surface area contributed by atoms with Crippen LogP contribution in [0.25, 0.3) is 0 Å². The van der Waals surface area contributed by atoms with Gasteiger partial charge in [0, 0.05) is 18.0 Å². The summed E-state index contributed by atoms with van der Waals surface area (Å²) >= 11 is 0. The average molecular weight is 446 g/mol. The number of alkyl carbamates (subject to hydrolysis) is 1. The van der Waals surface area contributed by atoms with E-state index >= 15 is 0 Å². The fourth-order valence-corrected chi connectivity index (χ4v) is 5.48. The molecule has 4 aliphatic rings. The van der Waals surface area contributed by atoms with Gasteiger partial charge >= 0.3 is 6.09 Å². The van der Waals surface area contributed by atoms with Crippen molar-refractivity contribution in [2.45, 2.75) is 96.7 Å². The normalized spacial score (nSPS) is 30.9. The van der Waals surface area contributed by atoms with Crippen LogP contribution < -0.4 is 16.4 Å². The van der Waals surface area contributed by atoms with E-state index in [0.717, 1.165) is 18.5 Å². The summed E-state index contributed by atoms with van der Waals surface area (Å²) in [6.45, 7) is 9.92. The molecule has 1 heterocycles. The fourth-order valence-electron chi connectivity index (χ4n) is 5.48. The largest absolute Gasteiger partial charge is 0.446 e. The Morgan fingerprint density at radius 3 is 2.41 bits per heavy atom. The summed E-state index contributed by atoms with van der Waals surface area (Å²) in [6, 6.07) is 1.98. The van der Waals surface area contributed by atoms with E-state index in [1.807, 2.05) is 45.4 Å². The molecule has 3 amide bonds. The second kappa shape index (κ2) is 7.49. The van der Waals surface area contributed by atoms with Gasteiger partial charge in [-0.05, 0) is 73.1 Å². The van der Waals surface area contributed by atoms with Crippen LogP contribution >= 0.6 is 0 Å². The second-order valence-electron chi connectivity index (χ2n) is 11.3. The number of hydrogen-bond acceptors (Lipinski definition) is 5. The first-order valence-electron chi connectivity index (χ1n) is 11.5. The Hall–Kier alpha value is -2.58. The van der Waals surface area contributed by atoms with Crippen molar-refractivity contribution in [3.63, 3.8) is 0 Å². The Balaban J connectivity index is 1.44. The first-order chi connectivity index (χ1) is 14.8. The highest BCUT2D eigenvalue weighted by Gasteiger charge is 2.74. The first-order valence-corrected chi connectivity index (χ1v) is 11.5. The van der Waals surface area contributed by atoms with Gasteiger partial charge in [0.1, 0.15) is 11.9 Å². The van der Waals surface area contributed by atoms with Crippen LogP contribution in [0, 0.1) is 10.8 Å². The number of nitrogens with two attached hydrogens (primary N) is 1. The minimum atomic E-state index is -0.474. The van der Waals surface area contributed by atoms with Gasteiger partial charge in [-0.25, -0.2) is 9.48 Å². The molecule has 9 nitrogen and oxygen atoms in total. The van der Waals surface area contributed by atoms with E-state index in [0.29, 0.717) is 31.5 Å². The summed E-state index contributed by atoms with van der Waals surface area (Å²) in [5.74, 6) is 0.473. The maximum Gasteiger partial charge on any atom is 0.407 e. The summed E-state index contributed by atoms with van der Waals surface area (Å²) in [7, 11) is 0. The van der Waals surface area contributed by atoms with Gasteiger partial charge in [0.15, 0.2) is 0 Å². The smallest absolute Gasteiger partial charge is 0.407 e. The van der Waals surface area contributed by atoms with E-state index < -0.39 is 10.8 Å². The molecule has 2 atom stereocenters. The lowest BCUT2D eigenvalue weighted by Gasteiger charge is -2.67. The number of amides is 3. The number of hydrogen-bond donors (Lipinski definition) is 3. The van der Waals surface area contributed by atoms with Gasteiger partial charge in [-0.1, -0.05) is 0 Å². The van der Waals surface area contributed by atoms with Crippen LogP contribution in [0.3, 0.4) is 0 Å². The van der Waals surface area contributed by atoms with Crippen molar-refractivity contribution < 1.29 is 19.1 Å². The van der Waals surface area contributed by atoms with Gasteiger partial charge in [0.25, 0.3) is 0 Å². The van der Waals surface area contributed by atoms with Crippen molar-refractivity contribution in [3.05, 3.63) is 11.8 Å². The minimum absolute atomic E-state index is 0.0345. The number of rotatable bonds is 6. The summed E-state index contributed by atoms with van der Waals surface area (Å²) in [6.07, 6.45) is 3.48. The van der Waals surface area contributed by atoms with Crippen molar-refractivity contribution in [2.24, 2.45) is 16.6 Å². The molecule has 9 heteroatoms. The Bertz CT molecular complexity index is 925. The van der Waals surface area contributed by atoms with Gasteiger partial charge in [-0.2, -0.15) is 5.10 Å². The molecule has 1 aromatic rings. The number of aromatic nitrogens is 2. The van der Waals surface area contributed by atoms with Crippen LogP contribution in [0.15, 0.2) is 6.07 Å². The Morgan fingerprint density at radius 1 is 1.19 bits per heavy atom. The molecule has 0 saturated heterocycles. The third-order valence-electron chi connectivity index (χ3n) is 7.12. The zero-order valence-corrected chi connectivity index (χ0v) is 19.7. The van der Waals surface area contributed by atoms with E-state index in [1.165, 1.54) is 0 Å². The molecule has 0 radical (unpaired) electrons. The molecule has 32 heavy (non-hydrogen) atoms. The van der Waals surface area contributed by atoms with Gasteiger partial charge in [-0.3, -0.25) is 9.59 Å². The van der Waals surface area contributed by atoms with Gasteiger partial charge in [0.2, 0.25) is 11.8 Å². The Morgan fingerprint density at radius 2 is 1.84 bits per heavy atom. The number of carbonyl (C=O) groups excluding carboxylic acids is 3. The molecule has 4 fully saturated rings. The first kappa shape index (κ1) is 22.6. The van der Waals surface area contributed by atoms with Gasteiger partial charge in [0.05, 0.1) is 22.1 Å². The lowest BCUT2D eigenvalue weighted by Crippen LogP contribution is -2.71. The molecule has 4 saturated carbocycles. The summed E-state index contributed by atoms with van der Waals surface area (Å²) < 4.78 is 7.41. The topological polar surface area (TPSA) is 128 Å². The monoisotopic (exact) mass is 445 g/mol. The minimum Gasteiger partial charge on any atom is -0.446 e. The van der Waals surface area contributed by atoms with Gasteiger partial charge in [-0.15, -0.1) is 0 Å². The number of ether oxygens (including phenoxy) is 1. The fraction of sp³-hybridized carbons (Fsp3) is 0.739. The molecule has 4 aliphatic carbocycles. The highest BCUT2D eigenvalue weighted by Crippen LogP contribution is 2.73. The van der Waals surface area contributed by atoms with Crippen molar-refractivity contribution in [2.75, 3.05) is 5.32 Å². The summed E-state index contributed by atoms with van der Waals surface area (Å²) in [4.78, 5) is 36.5. The third-order valence-corrected chi connectivity index (χ3v) is 7.12. The number of nitrogens with one attached hydrogen (secondary N) is 2. The quantitative estimate of drug-likeness (QED) is 0.620. The standard InChI is InChI=1S/C23H35N5O4/c1-13(2)25-20(31)32-15-7-6-14(8-15)16-9-17(28(27-16)21(3,4)5)26-19(30)23-10-22(11-23,12-23)18(24)29/h9,13-15H,6-8,10-12H2,1-5H3,(H2,24,29)(H,25,31)(H,26,30)/t14-,15+,22?,23?/m0/s1. The zero-order valence-electron chi connectivity index (χ0n) is 19.7. The number of nitrogens with zero attached hydrogens (tertiary/aromatic N) is 2. The second-order valence-corrected chi connectivity index (χ2v) is 11.3. The molecule has 0 spiro atoms. The maximum absolute atomic E-state index is 13.0. The number of anilines is 1. The maximum atomic E-state index is 13.0. The Kier molecular flexibility index (Phi) is 5.29. The summed E-state index contributed by atoms with van der Waals surface area (Å²) in [5, 5.41) is 10.7. The lowest BCUT2D eigenvalue weighted by molar-refractivity contribution is -0.202. The van der Waals surface area contributed by atoms with Crippen molar-refractivity contribution >= 4 is 23.7 Å². The van der Waals surface area contributed by atoms with Crippen LogP contribution in [-0.2, 0) is 19.9 Å². The van der Waals surface area contributed by atoms with Crippen molar-refractivity contribution in [1.29, 1.82) is 0 Å². The number of primary amides is 1. The SMILES string of the molecule is CC(C)NC(=O)O[C@@H]1CC[C@H](c2cc(NC(=O)C34CC(C(N)=O)(C3)C4)n(C(C)(C)C)n2)C1. The van der Waals surface area contributed by atoms with E-state index in [4.69, 9.17) is 15.6 Å². The highest BCUT2D eigenvalue weighted by atomic mass is 16.6. The van der Waals surface area contributed by atoms with Crippen LogP contribution in [0.1, 0.15) is 84.8 Å². The van der Waals surface area contributed by atoms with E-state index in [2.05, 4.69) is 10.6 Å². The van der Waals surface area contributed by atoms with E-state index in [9.17, 15) is 14.4 Å². The van der Waals surface area contributed by atoms with Gasteiger partial charge < -0.3 is 21.1 Å². The molecule has 0 unspecified atom stereocenters. The number of carbonyl (C=O) groups is 3. The molecular weight excluding hydrogens is 410 g/mol. The molecular formula is C23H35N5O4. The molecule has 5 rings (SSSR count). The van der Waals surface area contributed by atoms with E-state index in [-0.39, 0.29) is 41.5 Å². The molecule has 4 N–H and O–H groups in total. The zero-order chi connectivity index (χ0) is 23.5. The summed E-state index contributed by atoms with van der Waals surface area (Å²) in [5.41, 5.74) is 5.12. The van der Waals surface area contributed by atoms with Crippen molar-refractivity contribution in [1.82, 2.24) is 15.1 Å². The van der Waals surface area contributed by atoms with E-state index in [1.54, 1.807) is 0 Å². The molecule has 1 aromatic heterocycles. The van der Waals surface area contributed by atoms with Crippen LogP contribution in [-0.4, -0.2) is 39.8 Å². The Labute approximate surface area is 188 Å². The average Bonchev–Trinajstić information content (AvgIpc) is 3.17.